The Hall–Kier alpha value is -1.70. The maximum Gasteiger partial charge on any atom is 0.573 e. The van der Waals surface area contributed by atoms with Crippen molar-refractivity contribution >= 4 is 17.6 Å². The van der Waals surface area contributed by atoms with Crippen LogP contribution in [-0.2, 0) is 10.6 Å². The van der Waals surface area contributed by atoms with Crippen LogP contribution in [0.2, 0.25) is 0 Å². The van der Waals surface area contributed by atoms with Gasteiger partial charge < -0.3 is 14.5 Å². The molecule has 1 N–H and O–H groups in total. The van der Waals surface area contributed by atoms with Crippen LogP contribution >= 0.6 is 11.6 Å². The number of hydrogen-bond donors (Lipinski definition) is 1. The highest BCUT2D eigenvalue weighted by Crippen LogP contribution is 2.29. The van der Waals surface area contributed by atoms with E-state index in [0.29, 0.717) is 0 Å². The standard InChI is InChI=1S/C9H7ClF3NO4/c1-17-8(16)6-7(18-9(11,12)13)4(3-10)2-5(15)14-6/h2H,3H2,1H3,(H,14,15). The van der Waals surface area contributed by atoms with E-state index in [1.165, 1.54) is 0 Å². The minimum atomic E-state index is -5.03. The Morgan fingerprint density at radius 2 is 2.11 bits per heavy atom. The molecule has 0 fully saturated rings. The van der Waals surface area contributed by atoms with Crippen LogP contribution in [0.4, 0.5) is 13.2 Å². The molecule has 0 amide bonds. The van der Waals surface area contributed by atoms with Crippen LogP contribution in [-0.4, -0.2) is 24.4 Å². The topological polar surface area (TPSA) is 68.4 Å². The number of aromatic amines is 1. The summed E-state index contributed by atoms with van der Waals surface area (Å²) >= 11 is 5.40. The molecule has 5 nitrogen and oxygen atoms in total. The molecule has 0 unspecified atom stereocenters. The predicted octanol–water partition coefficient (Wildman–Crippen LogP) is 1.80. The van der Waals surface area contributed by atoms with Gasteiger partial charge in [0.2, 0.25) is 5.56 Å². The second-order valence-electron chi connectivity index (χ2n) is 3.04. The smallest absolute Gasteiger partial charge is 0.464 e. The van der Waals surface area contributed by atoms with Crippen LogP contribution < -0.4 is 10.3 Å². The van der Waals surface area contributed by atoms with Gasteiger partial charge in [-0.15, -0.1) is 24.8 Å². The minimum Gasteiger partial charge on any atom is -0.464 e. The Kier molecular flexibility index (Phi) is 4.23. The first kappa shape index (κ1) is 14.4. The van der Waals surface area contributed by atoms with Crippen molar-refractivity contribution in [2.45, 2.75) is 12.2 Å². The number of H-pyrrole nitrogens is 1. The summed E-state index contributed by atoms with van der Waals surface area (Å²) in [6.07, 6.45) is -5.03. The molecule has 0 aliphatic rings. The Morgan fingerprint density at radius 3 is 2.56 bits per heavy atom. The lowest BCUT2D eigenvalue weighted by Gasteiger charge is -2.14. The van der Waals surface area contributed by atoms with Crippen molar-refractivity contribution in [1.29, 1.82) is 0 Å². The lowest BCUT2D eigenvalue weighted by molar-refractivity contribution is -0.275. The number of aromatic nitrogens is 1. The van der Waals surface area contributed by atoms with E-state index < -0.39 is 35.2 Å². The quantitative estimate of drug-likeness (QED) is 0.679. The Labute approximate surface area is 103 Å². The molecule has 0 saturated heterocycles. The van der Waals surface area contributed by atoms with Gasteiger partial charge in [-0.3, -0.25) is 4.79 Å². The molecule has 18 heavy (non-hydrogen) atoms. The monoisotopic (exact) mass is 285 g/mol. The largest absolute Gasteiger partial charge is 0.573 e. The van der Waals surface area contributed by atoms with Gasteiger partial charge in [0.05, 0.1) is 13.0 Å². The molecule has 0 aliphatic heterocycles. The highest BCUT2D eigenvalue weighted by atomic mass is 35.5. The number of nitrogens with one attached hydrogen (secondary N) is 1. The molecule has 0 aliphatic carbocycles. The van der Waals surface area contributed by atoms with E-state index >= 15 is 0 Å². The number of hydrogen-bond acceptors (Lipinski definition) is 4. The van der Waals surface area contributed by atoms with Crippen LogP contribution in [0.1, 0.15) is 16.1 Å². The summed E-state index contributed by atoms with van der Waals surface area (Å²) in [7, 11) is 0.950. The SMILES string of the molecule is COC(=O)c1[nH]c(=O)cc(CCl)c1OC(F)(F)F. The van der Waals surface area contributed by atoms with Gasteiger partial charge in [0, 0.05) is 11.6 Å². The van der Waals surface area contributed by atoms with E-state index in [-0.39, 0.29) is 5.56 Å². The fraction of sp³-hybridized carbons (Fsp3) is 0.333. The number of esters is 1. The van der Waals surface area contributed by atoms with Crippen LogP contribution in [0.3, 0.4) is 0 Å². The van der Waals surface area contributed by atoms with Crippen molar-refractivity contribution < 1.29 is 27.4 Å². The number of alkyl halides is 4. The van der Waals surface area contributed by atoms with Gasteiger partial charge in [0.15, 0.2) is 11.4 Å². The highest BCUT2D eigenvalue weighted by molar-refractivity contribution is 6.17. The summed E-state index contributed by atoms with van der Waals surface area (Å²) < 4.78 is 44.5. The number of rotatable bonds is 3. The summed E-state index contributed by atoms with van der Waals surface area (Å²) in [5.74, 6) is -2.47. The third-order valence-corrected chi connectivity index (χ3v) is 2.11. The van der Waals surface area contributed by atoms with Crippen LogP contribution in [0.5, 0.6) is 5.75 Å². The van der Waals surface area contributed by atoms with Gasteiger partial charge >= 0.3 is 12.3 Å². The maximum atomic E-state index is 12.2. The number of pyridine rings is 1. The van der Waals surface area contributed by atoms with Crippen LogP contribution in [0.25, 0.3) is 0 Å². The molecule has 0 spiro atoms. The second-order valence-corrected chi connectivity index (χ2v) is 3.30. The van der Waals surface area contributed by atoms with Crippen LogP contribution in [0.15, 0.2) is 10.9 Å². The predicted molar refractivity (Wildman–Crippen MR) is 54.6 cm³/mol. The van der Waals surface area contributed by atoms with Crippen molar-refractivity contribution in [2.24, 2.45) is 0 Å². The first-order chi connectivity index (χ1) is 8.28. The minimum absolute atomic E-state index is 0.266. The first-order valence-corrected chi connectivity index (χ1v) is 4.98. The van der Waals surface area contributed by atoms with E-state index in [1.807, 2.05) is 4.98 Å². The third kappa shape index (κ3) is 3.39. The van der Waals surface area contributed by atoms with E-state index in [9.17, 15) is 22.8 Å². The molecule has 1 aromatic heterocycles. The van der Waals surface area contributed by atoms with Gasteiger partial charge in [0.1, 0.15) is 0 Å². The van der Waals surface area contributed by atoms with Gasteiger partial charge in [-0.05, 0) is 0 Å². The van der Waals surface area contributed by atoms with Crippen molar-refractivity contribution in [3.8, 4) is 5.75 Å². The van der Waals surface area contributed by atoms with E-state index in [0.717, 1.165) is 13.2 Å². The summed E-state index contributed by atoms with van der Waals surface area (Å²) in [6.45, 7) is 0. The summed E-state index contributed by atoms with van der Waals surface area (Å²) in [5, 5.41) is 0. The summed E-state index contributed by atoms with van der Waals surface area (Å²) in [5.41, 5.74) is -1.79. The number of methoxy groups -OCH3 is 1. The number of halogens is 4. The fourth-order valence-electron chi connectivity index (χ4n) is 1.18. The highest BCUT2D eigenvalue weighted by Gasteiger charge is 2.35. The second kappa shape index (κ2) is 5.30. The molecule has 0 saturated carbocycles. The molecule has 1 aromatic rings. The van der Waals surface area contributed by atoms with Crippen molar-refractivity contribution in [3.63, 3.8) is 0 Å². The molecule has 0 aromatic carbocycles. The molecule has 1 heterocycles. The van der Waals surface area contributed by atoms with Crippen molar-refractivity contribution in [1.82, 2.24) is 4.98 Å². The number of carbonyl (C=O) groups is 1. The van der Waals surface area contributed by atoms with Crippen molar-refractivity contribution in [2.75, 3.05) is 7.11 Å². The molecule has 0 radical (unpaired) electrons. The zero-order chi connectivity index (χ0) is 13.9. The van der Waals surface area contributed by atoms with Crippen molar-refractivity contribution in [3.05, 3.63) is 27.7 Å². The fourth-order valence-corrected chi connectivity index (χ4v) is 1.38. The number of carbonyl (C=O) groups excluding carboxylic acids is 1. The lowest BCUT2D eigenvalue weighted by atomic mass is 10.2. The molecule has 1 rings (SSSR count). The molecular weight excluding hydrogens is 279 g/mol. The molecular formula is C9H7ClF3NO4. The first-order valence-electron chi connectivity index (χ1n) is 4.44. The van der Waals surface area contributed by atoms with Crippen LogP contribution in [0, 0.1) is 0 Å². The molecule has 0 bridgehead atoms. The Balaban J connectivity index is 3.42. The maximum absolute atomic E-state index is 12.2. The Morgan fingerprint density at radius 1 is 1.50 bits per heavy atom. The van der Waals surface area contributed by atoms with Gasteiger partial charge in [0.25, 0.3) is 0 Å². The summed E-state index contributed by atoms with van der Waals surface area (Å²) in [4.78, 5) is 24.3. The van der Waals surface area contributed by atoms with E-state index in [2.05, 4.69) is 9.47 Å². The molecule has 0 atom stereocenters. The Bertz CT molecular complexity index is 512. The van der Waals surface area contributed by atoms with Gasteiger partial charge in [-0.25, -0.2) is 4.79 Å². The van der Waals surface area contributed by atoms with Gasteiger partial charge in [-0.1, -0.05) is 0 Å². The average molecular weight is 286 g/mol. The number of ether oxygens (including phenoxy) is 2. The molecule has 9 heteroatoms. The third-order valence-electron chi connectivity index (χ3n) is 1.82. The summed E-state index contributed by atoms with van der Waals surface area (Å²) in [6, 6.07) is 0.806. The zero-order valence-electron chi connectivity index (χ0n) is 8.93. The average Bonchev–Trinajstić information content (AvgIpc) is 2.28. The zero-order valence-corrected chi connectivity index (χ0v) is 9.69. The van der Waals surface area contributed by atoms with E-state index in [1.54, 1.807) is 0 Å². The molecule has 100 valence electrons. The van der Waals surface area contributed by atoms with E-state index in [4.69, 9.17) is 11.6 Å². The van der Waals surface area contributed by atoms with Gasteiger partial charge in [-0.2, -0.15) is 0 Å². The normalized spacial score (nSPS) is 11.2. The lowest BCUT2D eigenvalue weighted by Crippen LogP contribution is -2.24.